The van der Waals surface area contributed by atoms with E-state index in [4.69, 9.17) is 17.3 Å². The Morgan fingerprint density at radius 1 is 1.46 bits per heavy atom. The number of benzene rings is 1. The van der Waals surface area contributed by atoms with Crippen LogP contribution in [0.5, 0.6) is 0 Å². The van der Waals surface area contributed by atoms with E-state index >= 15 is 0 Å². The average molecular weight is 267 g/mol. The number of hydrogen-bond donors (Lipinski definition) is 1. The van der Waals surface area contributed by atoms with Gasteiger partial charge in [-0.25, -0.2) is 4.39 Å². The van der Waals surface area contributed by atoms with E-state index in [1.165, 1.54) is 12.1 Å². The molecule has 0 bridgehead atoms. The lowest BCUT2D eigenvalue weighted by atomic mass is 10.1. The van der Waals surface area contributed by atoms with Crippen molar-refractivity contribution in [1.82, 2.24) is 0 Å². The molecule has 0 aliphatic rings. The van der Waals surface area contributed by atoms with E-state index in [0.29, 0.717) is 28.0 Å². The lowest BCUT2D eigenvalue weighted by Crippen LogP contribution is -2.02. The maximum atomic E-state index is 13.2. The summed E-state index contributed by atoms with van der Waals surface area (Å²) < 4.78 is 13.9. The summed E-state index contributed by atoms with van der Waals surface area (Å²) in [4.78, 5) is 0. The lowest BCUT2D eigenvalue weighted by Gasteiger charge is -2.06. The van der Waals surface area contributed by atoms with Crippen molar-refractivity contribution in [2.45, 2.75) is 12.8 Å². The van der Waals surface area contributed by atoms with Crippen molar-refractivity contribution >= 4 is 27.5 Å². The fourth-order valence-corrected chi connectivity index (χ4v) is 1.77. The van der Waals surface area contributed by atoms with Gasteiger partial charge in [-0.1, -0.05) is 11.6 Å². The number of nitrogens with two attached hydrogens (primary N) is 1. The molecule has 1 aromatic carbocycles. The smallest absolute Gasteiger partial charge is 0.127 e. The van der Waals surface area contributed by atoms with E-state index in [9.17, 15) is 4.39 Å². The molecule has 0 atom stereocenters. The molecule has 0 heterocycles. The molecule has 1 rings (SSSR count). The van der Waals surface area contributed by atoms with Crippen LogP contribution in [0.15, 0.2) is 16.6 Å². The highest BCUT2D eigenvalue weighted by Crippen LogP contribution is 2.29. The molecule has 72 valence electrons. The first-order valence-electron chi connectivity index (χ1n) is 3.99. The van der Waals surface area contributed by atoms with Gasteiger partial charge in [-0.15, -0.1) is 0 Å². The third kappa shape index (κ3) is 2.66. The molecule has 0 radical (unpaired) electrons. The topological polar surface area (TPSA) is 26.0 Å². The molecule has 0 saturated carbocycles. The van der Waals surface area contributed by atoms with Crippen LogP contribution in [0.3, 0.4) is 0 Å². The van der Waals surface area contributed by atoms with Crippen LogP contribution >= 0.6 is 27.5 Å². The van der Waals surface area contributed by atoms with Gasteiger partial charge in [0, 0.05) is 10.0 Å². The van der Waals surface area contributed by atoms with Crippen LogP contribution in [-0.4, -0.2) is 6.54 Å². The van der Waals surface area contributed by atoms with E-state index in [1.807, 2.05) is 0 Å². The van der Waals surface area contributed by atoms with Gasteiger partial charge in [-0.05, 0) is 47.4 Å². The predicted molar refractivity (Wildman–Crippen MR) is 56.5 cm³/mol. The fourth-order valence-electron chi connectivity index (χ4n) is 1.08. The van der Waals surface area contributed by atoms with Crippen LogP contribution < -0.4 is 5.73 Å². The number of hydrogen-bond acceptors (Lipinski definition) is 1. The molecule has 1 aromatic rings. The molecule has 0 saturated heterocycles. The maximum absolute atomic E-state index is 13.2. The molecule has 2 N–H and O–H groups in total. The Morgan fingerprint density at radius 3 is 2.77 bits per heavy atom. The minimum absolute atomic E-state index is 0.232. The second-order valence-electron chi connectivity index (χ2n) is 2.71. The molecule has 0 fully saturated rings. The van der Waals surface area contributed by atoms with Crippen LogP contribution in [0.4, 0.5) is 4.39 Å². The summed E-state index contributed by atoms with van der Waals surface area (Å²) in [5.74, 6) is -0.232. The van der Waals surface area contributed by atoms with Gasteiger partial charge >= 0.3 is 0 Å². The number of halogens is 3. The largest absolute Gasteiger partial charge is 0.330 e. The van der Waals surface area contributed by atoms with Gasteiger partial charge in [0.05, 0.1) is 5.02 Å². The van der Waals surface area contributed by atoms with Gasteiger partial charge in [-0.3, -0.25) is 0 Å². The number of rotatable bonds is 3. The zero-order valence-corrected chi connectivity index (χ0v) is 9.33. The van der Waals surface area contributed by atoms with Crippen LogP contribution in [0.25, 0.3) is 0 Å². The minimum Gasteiger partial charge on any atom is -0.330 e. The predicted octanol–water partition coefficient (Wildman–Crippen LogP) is 3.13. The van der Waals surface area contributed by atoms with Crippen molar-refractivity contribution in [3.05, 3.63) is 33.0 Å². The molecule has 0 spiro atoms. The van der Waals surface area contributed by atoms with Gasteiger partial charge in [0.15, 0.2) is 0 Å². The van der Waals surface area contributed by atoms with Crippen LogP contribution in [0.2, 0.25) is 5.02 Å². The molecule has 0 amide bonds. The summed E-state index contributed by atoms with van der Waals surface area (Å²) >= 11 is 9.07. The van der Waals surface area contributed by atoms with Gasteiger partial charge in [0.2, 0.25) is 0 Å². The summed E-state index contributed by atoms with van der Waals surface area (Å²) in [5, 5.41) is 0.536. The molecular formula is C9H10BrClFN. The third-order valence-electron chi connectivity index (χ3n) is 1.77. The normalized spacial score (nSPS) is 10.5. The highest BCUT2D eigenvalue weighted by molar-refractivity contribution is 9.10. The van der Waals surface area contributed by atoms with Crippen molar-refractivity contribution in [3.8, 4) is 0 Å². The van der Waals surface area contributed by atoms with Gasteiger partial charge in [-0.2, -0.15) is 0 Å². The summed E-state index contributed by atoms with van der Waals surface area (Å²) in [6.07, 6.45) is 1.37. The molecule has 13 heavy (non-hydrogen) atoms. The first kappa shape index (κ1) is 11.0. The monoisotopic (exact) mass is 265 g/mol. The highest BCUT2D eigenvalue weighted by Gasteiger charge is 2.09. The van der Waals surface area contributed by atoms with E-state index in [1.54, 1.807) is 0 Å². The zero-order valence-electron chi connectivity index (χ0n) is 6.99. The van der Waals surface area contributed by atoms with E-state index in [-0.39, 0.29) is 5.82 Å². The Morgan fingerprint density at radius 2 is 2.15 bits per heavy atom. The Kier molecular flexibility index (Phi) is 4.16. The quantitative estimate of drug-likeness (QED) is 0.836. The first-order chi connectivity index (χ1) is 6.16. The van der Waals surface area contributed by atoms with E-state index in [2.05, 4.69) is 15.9 Å². The molecule has 1 nitrogen and oxygen atoms in total. The highest BCUT2D eigenvalue weighted by atomic mass is 79.9. The Bertz CT molecular complexity index is 304. The summed E-state index contributed by atoms with van der Waals surface area (Å²) in [6, 6.07) is 2.91. The maximum Gasteiger partial charge on any atom is 0.127 e. The fraction of sp³-hybridized carbons (Fsp3) is 0.333. The molecular weight excluding hydrogens is 256 g/mol. The second kappa shape index (κ2) is 4.94. The van der Waals surface area contributed by atoms with Crippen LogP contribution in [0.1, 0.15) is 12.0 Å². The summed E-state index contributed by atoms with van der Waals surface area (Å²) in [6.45, 7) is 0.554. The molecule has 0 unspecified atom stereocenters. The van der Waals surface area contributed by atoms with E-state index < -0.39 is 0 Å². The van der Waals surface area contributed by atoms with E-state index in [0.717, 1.165) is 6.42 Å². The summed E-state index contributed by atoms with van der Waals surface area (Å²) in [5.41, 5.74) is 5.95. The van der Waals surface area contributed by atoms with Crippen molar-refractivity contribution < 1.29 is 4.39 Å². The van der Waals surface area contributed by atoms with Gasteiger partial charge in [0.1, 0.15) is 5.82 Å². The molecule has 0 aromatic heterocycles. The Hall–Kier alpha value is -0.120. The van der Waals surface area contributed by atoms with Crippen molar-refractivity contribution in [3.63, 3.8) is 0 Å². The lowest BCUT2D eigenvalue weighted by molar-refractivity contribution is 0.603. The first-order valence-corrected chi connectivity index (χ1v) is 5.16. The molecule has 0 aliphatic carbocycles. The van der Waals surface area contributed by atoms with Gasteiger partial charge in [0.25, 0.3) is 0 Å². The molecule has 0 aliphatic heterocycles. The zero-order chi connectivity index (χ0) is 9.84. The van der Waals surface area contributed by atoms with Crippen LogP contribution in [-0.2, 0) is 6.42 Å². The molecule has 4 heteroatoms. The Balaban J connectivity index is 2.96. The van der Waals surface area contributed by atoms with Crippen molar-refractivity contribution in [2.24, 2.45) is 5.73 Å². The summed E-state index contributed by atoms with van der Waals surface area (Å²) in [7, 11) is 0. The van der Waals surface area contributed by atoms with Crippen LogP contribution in [0, 0.1) is 5.82 Å². The van der Waals surface area contributed by atoms with Crippen molar-refractivity contribution in [1.29, 1.82) is 0 Å². The Labute approximate surface area is 90.2 Å². The van der Waals surface area contributed by atoms with Gasteiger partial charge < -0.3 is 5.73 Å². The average Bonchev–Trinajstić information content (AvgIpc) is 2.12. The second-order valence-corrected chi connectivity index (χ2v) is 3.91. The minimum atomic E-state index is -0.232. The SMILES string of the molecule is NCCCc1c(F)ccc(Cl)c1Br. The standard InChI is InChI=1S/C9H10BrClFN/c10-9-6(2-1-5-13)8(12)4-3-7(9)11/h3-4H,1-2,5,13H2. The third-order valence-corrected chi connectivity index (χ3v) is 3.22. The van der Waals surface area contributed by atoms with Crippen molar-refractivity contribution in [2.75, 3.05) is 6.54 Å².